The SMILES string of the molecule is CCCOCCCNc1cc(=O)[nH]c(CC)n1. The standard InChI is InChI=1S/C12H21N3O2/c1-3-7-17-8-5-6-13-11-9-12(16)15-10(4-2)14-11/h9H,3-8H2,1-2H3,(H2,13,14,15,16). The van der Waals surface area contributed by atoms with Crippen molar-refractivity contribution in [3.8, 4) is 0 Å². The van der Waals surface area contributed by atoms with Gasteiger partial charge in [-0.2, -0.15) is 0 Å². The summed E-state index contributed by atoms with van der Waals surface area (Å²) in [6, 6.07) is 1.48. The Bertz CT molecular complexity index is 376. The molecule has 0 aliphatic heterocycles. The fourth-order valence-corrected chi connectivity index (χ4v) is 1.40. The van der Waals surface area contributed by atoms with Crippen molar-refractivity contribution in [3.05, 3.63) is 22.2 Å². The normalized spacial score (nSPS) is 10.5. The number of H-pyrrole nitrogens is 1. The smallest absolute Gasteiger partial charge is 0.252 e. The Labute approximate surface area is 102 Å². The van der Waals surface area contributed by atoms with Crippen LogP contribution in [0, 0.1) is 0 Å². The van der Waals surface area contributed by atoms with Crippen molar-refractivity contribution in [2.75, 3.05) is 25.1 Å². The summed E-state index contributed by atoms with van der Waals surface area (Å²) in [5.41, 5.74) is -0.110. The van der Waals surface area contributed by atoms with E-state index in [4.69, 9.17) is 4.74 Å². The predicted molar refractivity (Wildman–Crippen MR) is 68.5 cm³/mol. The van der Waals surface area contributed by atoms with Gasteiger partial charge in [-0.05, 0) is 12.8 Å². The Morgan fingerprint density at radius 1 is 1.41 bits per heavy atom. The summed E-state index contributed by atoms with van der Waals surface area (Å²) in [7, 11) is 0. The minimum atomic E-state index is -0.110. The fraction of sp³-hybridized carbons (Fsp3) is 0.667. The van der Waals surface area contributed by atoms with Gasteiger partial charge in [-0.15, -0.1) is 0 Å². The molecule has 96 valence electrons. The van der Waals surface area contributed by atoms with Crippen molar-refractivity contribution in [2.24, 2.45) is 0 Å². The topological polar surface area (TPSA) is 67.0 Å². The zero-order valence-electron chi connectivity index (χ0n) is 10.6. The van der Waals surface area contributed by atoms with Crippen LogP contribution < -0.4 is 10.9 Å². The van der Waals surface area contributed by atoms with E-state index in [1.54, 1.807) is 0 Å². The molecular formula is C12H21N3O2. The number of nitrogens with zero attached hydrogens (tertiary/aromatic N) is 1. The van der Waals surface area contributed by atoms with Crippen molar-refractivity contribution in [2.45, 2.75) is 33.1 Å². The van der Waals surface area contributed by atoms with Crippen molar-refractivity contribution >= 4 is 5.82 Å². The Kier molecular flexibility index (Phi) is 6.32. The highest BCUT2D eigenvalue weighted by Crippen LogP contribution is 1.99. The summed E-state index contributed by atoms with van der Waals surface area (Å²) in [5, 5.41) is 3.13. The summed E-state index contributed by atoms with van der Waals surface area (Å²) < 4.78 is 5.36. The summed E-state index contributed by atoms with van der Waals surface area (Å²) in [5.74, 6) is 1.35. The lowest BCUT2D eigenvalue weighted by atomic mass is 10.4. The summed E-state index contributed by atoms with van der Waals surface area (Å²) >= 11 is 0. The minimum Gasteiger partial charge on any atom is -0.381 e. The molecule has 1 heterocycles. The zero-order chi connectivity index (χ0) is 12.5. The number of aromatic amines is 1. The quantitative estimate of drug-likeness (QED) is 0.676. The number of aryl methyl sites for hydroxylation is 1. The van der Waals surface area contributed by atoms with Crippen LogP contribution in [-0.2, 0) is 11.2 Å². The molecular weight excluding hydrogens is 218 g/mol. The van der Waals surface area contributed by atoms with Crippen molar-refractivity contribution < 1.29 is 4.74 Å². The molecule has 5 heteroatoms. The Hall–Kier alpha value is -1.36. The Morgan fingerprint density at radius 2 is 2.24 bits per heavy atom. The zero-order valence-corrected chi connectivity index (χ0v) is 10.6. The third-order valence-electron chi connectivity index (χ3n) is 2.25. The first-order valence-corrected chi connectivity index (χ1v) is 6.18. The van der Waals surface area contributed by atoms with Crippen molar-refractivity contribution in [3.63, 3.8) is 0 Å². The number of hydrogen-bond acceptors (Lipinski definition) is 4. The molecule has 0 bridgehead atoms. The van der Waals surface area contributed by atoms with Crippen LogP contribution in [0.25, 0.3) is 0 Å². The molecule has 0 saturated carbocycles. The van der Waals surface area contributed by atoms with Crippen molar-refractivity contribution in [1.82, 2.24) is 9.97 Å². The maximum Gasteiger partial charge on any atom is 0.252 e. The van der Waals surface area contributed by atoms with Crippen LogP contribution in [0.1, 0.15) is 32.5 Å². The average molecular weight is 239 g/mol. The molecule has 0 spiro atoms. The third kappa shape index (κ3) is 5.49. The Morgan fingerprint density at radius 3 is 2.94 bits per heavy atom. The van der Waals surface area contributed by atoms with E-state index in [2.05, 4.69) is 22.2 Å². The van der Waals surface area contributed by atoms with Gasteiger partial charge in [0, 0.05) is 32.2 Å². The second-order valence-corrected chi connectivity index (χ2v) is 3.82. The van der Waals surface area contributed by atoms with E-state index in [9.17, 15) is 4.79 Å². The molecule has 0 aliphatic rings. The highest BCUT2D eigenvalue weighted by atomic mass is 16.5. The van der Waals surface area contributed by atoms with Crippen LogP contribution in [0.3, 0.4) is 0 Å². The molecule has 1 aromatic heterocycles. The molecule has 0 aromatic carbocycles. The molecule has 2 N–H and O–H groups in total. The fourth-order valence-electron chi connectivity index (χ4n) is 1.40. The minimum absolute atomic E-state index is 0.110. The van der Waals surface area contributed by atoms with E-state index in [1.807, 2.05) is 6.92 Å². The van der Waals surface area contributed by atoms with Gasteiger partial charge in [0.1, 0.15) is 11.6 Å². The molecule has 0 unspecified atom stereocenters. The first-order valence-electron chi connectivity index (χ1n) is 6.18. The maximum absolute atomic E-state index is 11.3. The summed E-state index contributed by atoms with van der Waals surface area (Å²) in [4.78, 5) is 18.2. The first-order chi connectivity index (χ1) is 8.26. The van der Waals surface area contributed by atoms with Gasteiger partial charge in [0.15, 0.2) is 0 Å². The molecule has 1 aromatic rings. The molecule has 0 atom stereocenters. The summed E-state index contributed by atoms with van der Waals surface area (Å²) in [6.45, 7) is 6.36. The largest absolute Gasteiger partial charge is 0.381 e. The van der Waals surface area contributed by atoms with Gasteiger partial charge < -0.3 is 15.0 Å². The van der Waals surface area contributed by atoms with Gasteiger partial charge in [0.25, 0.3) is 5.56 Å². The van der Waals surface area contributed by atoms with E-state index in [-0.39, 0.29) is 5.56 Å². The monoisotopic (exact) mass is 239 g/mol. The van der Waals surface area contributed by atoms with Crippen LogP contribution in [0.5, 0.6) is 0 Å². The van der Waals surface area contributed by atoms with Crippen LogP contribution in [-0.4, -0.2) is 29.7 Å². The van der Waals surface area contributed by atoms with Crippen LogP contribution >= 0.6 is 0 Å². The molecule has 0 saturated heterocycles. The average Bonchev–Trinajstić information content (AvgIpc) is 2.33. The maximum atomic E-state index is 11.3. The first kappa shape index (κ1) is 13.7. The molecule has 17 heavy (non-hydrogen) atoms. The molecule has 0 fully saturated rings. The highest BCUT2D eigenvalue weighted by molar-refractivity contribution is 5.32. The van der Waals surface area contributed by atoms with Gasteiger partial charge in [0.05, 0.1) is 0 Å². The molecule has 5 nitrogen and oxygen atoms in total. The van der Waals surface area contributed by atoms with E-state index in [0.29, 0.717) is 11.6 Å². The van der Waals surface area contributed by atoms with Gasteiger partial charge in [-0.3, -0.25) is 4.79 Å². The van der Waals surface area contributed by atoms with Crippen LogP contribution in [0.2, 0.25) is 0 Å². The molecule has 0 aliphatic carbocycles. The second kappa shape index (κ2) is 7.84. The lowest BCUT2D eigenvalue weighted by molar-refractivity contribution is 0.134. The van der Waals surface area contributed by atoms with Gasteiger partial charge >= 0.3 is 0 Å². The third-order valence-corrected chi connectivity index (χ3v) is 2.25. The number of rotatable bonds is 8. The van der Waals surface area contributed by atoms with E-state index >= 15 is 0 Å². The van der Waals surface area contributed by atoms with E-state index in [1.165, 1.54) is 6.07 Å². The summed E-state index contributed by atoms with van der Waals surface area (Å²) in [6.07, 6.45) is 2.68. The van der Waals surface area contributed by atoms with E-state index < -0.39 is 0 Å². The molecule has 1 rings (SSSR count). The molecule has 0 radical (unpaired) electrons. The van der Waals surface area contributed by atoms with E-state index in [0.717, 1.165) is 39.0 Å². The lowest BCUT2D eigenvalue weighted by Crippen LogP contribution is -2.14. The predicted octanol–water partition coefficient (Wildman–Crippen LogP) is 1.56. The van der Waals surface area contributed by atoms with Gasteiger partial charge in [-0.25, -0.2) is 4.98 Å². The van der Waals surface area contributed by atoms with Crippen LogP contribution in [0.15, 0.2) is 10.9 Å². The molecule has 0 amide bonds. The highest BCUT2D eigenvalue weighted by Gasteiger charge is 1.98. The van der Waals surface area contributed by atoms with Gasteiger partial charge in [0.2, 0.25) is 0 Å². The second-order valence-electron chi connectivity index (χ2n) is 3.82. The number of aromatic nitrogens is 2. The number of nitrogens with one attached hydrogen (secondary N) is 2. The van der Waals surface area contributed by atoms with Crippen LogP contribution in [0.4, 0.5) is 5.82 Å². The number of hydrogen-bond donors (Lipinski definition) is 2. The Balaban J connectivity index is 2.31. The van der Waals surface area contributed by atoms with Gasteiger partial charge in [-0.1, -0.05) is 13.8 Å². The number of anilines is 1. The number of ether oxygens (including phenoxy) is 1. The lowest BCUT2D eigenvalue weighted by Gasteiger charge is -2.06. The van der Waals surface area contributed by atoms with Crippen molar-refractivity contribution in [1.29, 1.82) is 0 Å².